The average Bonchev–Trinajstić information content (AvgIpc) is 2.71. The number of alkyl carbamates (subject to hydrolysis) is 1. The van der Waals surface area contributed by atoms with Crippen LogP contribution in [-0.2, 0) is 18.2 Å². The van der Waals surface area contributed by atoms with Gasteiger partial charge >= 0.3 is 6.09 Å². The van der Waals surface area contributed by atoms with Gasteiger partial charge in [-0.15, -0.1) is 0 Å². The van der Waals surface area contributed by atoms with Crippen LogP contribution in [0.1, 0.15) is 24.3 Å². The topological polar surface area (TPSA) is 56.2 Å². The molecule has 1 fully saturated rings. The summed E-state index contributed by atoms with van der Waals surface area (Å²) < 4.78 is 6.85. The van der Waals surface area contributed by atoms with E-state index in [0.29, 0.717) is 6.54 Å². The van der Waals surface area contributed by atoms with Crippen LogP contribution in [0.25, 0.3) is 0 Å². The molecular formula is C9H13N3O2. The first-order valence-electron chi connectivity index (χ1n) is 4.67. The lowest BCUT2D eigenvalue weighted by Gasteiger charge is -2.05. The Morgan fingerprint density at radius 3 is 3.14 bits per heavy atom. The van der Waals surface area contributed by atoms with Gasteiger partial charge in [-0.2, -0.15) is 5.10 Å². The second-order valence-corrected chi connectivity index (χ2v) is 3.33. The largest absolute Gasteiger partial charge is 0.439 e. The molecule has 5 heteroatoms. The van der Waals surface area contributed by atoms with E-state index in [9.17, 15) is 4.79 Å². The van der Waals surface area contributed by atoms with Crippen LogP contribution in [0.4, 0.5) is 4.79 Å². The number of carbonyl (C=O) groups is 1. The van der Waals surface area contributed by atoms with E-state index in [1.807, 2.05) is 20.2 Å². The summed E-state index contributed by atoms with van der Waals surface area (Å²) in [6.45, 7) is 2.58. The molecule has 1 atom stereocenters. The van der Waals surface area contributed by atoms with Crippen LogP contribution in [-0.4, -0.2) is 22.4 Å². The highest BCUT2D eigenvalue weighted by Crippen LogP contribution is 2.23. The highest BCUT2D eigenvalue weighted by Gasteiger charge is 2.27. The van der Waals surface area contributed by atoms with Crippen molar-refractivity contribution in [2.24, 2.45) is 7.05 Å². The van der Waals surface area contributed by atoms with Gasteiger partial charge in [0.1, 0.15) is 6.10 Å². The van der Waals surface area contributed by atoms with Crippen LogP contribution in [0.3, 0.4) is 0 Å². The molecule has 1 aliphatic heterocycles. The molecule has 1 saturated heterocycles. The van der Waals surface area contributed by atoms with E-state index in [-0.39, 0.29) is 12.2 Å². The van der Waals surface area contributed by atoms with Crippen molar-refractivity contribution in [3.05, 3.63) is 17.5 Å². The summed E-state index contributed by atoms with van der Waals surface area (Å²) in [5.74, 6) is 0. The Morgan fingerprint density at radius 2 is 2.57 bits per heavy atom. The maximum Gasteiger partial charge on any atom is 0.407 e. The zero-order chi connectivity index (χ0) is 10.1. The third-order valence-electron chi connectivity index (χ3n) is 2.30. The maximum atomic E-state index is 10.9. The summed E-state index contributed by atoms with van der Waals surface area (Å²) in [7, 11) is 1.87. The van der Waals surface area contributed by atoms with Gasteiger partial charge < -0.3 is 10.1 Å². The fourth-order valence-corrected chi connectivity index (χ4v) is 1.66. The first-order valence-corrected chi connectivity index (χ1v) is 4.67. The number of aryl methyl sites for hydroxylation is 2. The zero-order valence-corrected chi connectivity index (χ0v) is 8.28. The molecule has 1 aliphatic rings. The lowest BCUT2D eigenvalue weighted by Crippen LogP contribution is -2.12. The van der Waals surface area contributed by atoms with Gasteiger partial charge in [-0.25, -0.2) is 4.79 Å². The van der Waals surface area contributed by atoms with Crippen molar-refractivity contribution in [2.45, 2.75) is 19.4 Å². The van der Waals surface area contributed by atoms with E-state index in [2.05, 4.69) is 10.4 Å². The summed E-state index contributed by atoms with van der Waals surface area (Å²) in [4.78, 5) is 10.9. The SMILES string of the molecule is CCc1nn(C)cc1C1CNC(=O)O1. The van der Waals surface area contributed by atoms with Crippen molar-refractivity contribution in [3.8, 4) is 0 Å². The molecule has 0 aliphatic carbocycles. The lowest BCUT2D eigenvalue weighted by atomic mass is 10.1. The maximum absolute atomic E-state index is 10.9. The number of rotatable bonds is 2. The minimum absolute atomic E-state index is 0.175. The first kappa shape index (κ1) is 9.05. The van der Waals surface area contributed by atoms with Gasteiger partial charge in [0.05, 0.1) is 12.2 Å². The van der Waals surface area contributed by atoms with Gasteiger partial charge in [0, 0.05) is 18.8 Å². The van der Waals surface area contributed by atoms with Crippen molar-refractivity contribution in [1.29, 1.82) is 0 Å². The smallest absolute Gasteiger partial charge is 0.407 e. The van der Waals surface area contributed by atoms with E-state index in [1.54, 1.807) is 4.68 Å². The number of nitrogens with zero attached hydrogens (tertiary/aromatic N) is 2. The van der Waals surface area contributed by atoms with Crippen molar-refractivity contribution < 1.29 is 9.53 Å². The Hall–Kier alpha value is -1.52. The minimum Gasteiger partial charge on any atom is -0.439 e. The van der Waals surface area contributed by atoms with Crippen LogP contribution >= 0.6 is 0 Å². The number of amides is 1. The Morgan fingerprint density at radius 1 is 1.79 bits per heavy atom. The van der Waals surface area contributed by atoms with Gasteiger partial charge in [-0.1, -0.05) is 6.92 Å². The highest BCUT2D eigenvalue weighted by molar-refractivity contribution is 5.69. The summed E-state index contributed by atoms with van der Waals surface area (Å²) in [6.07, 6.45) is 2.24. The molecule has 2 rings (SSSR count). The number of cyclic esters (lactones) is 1. The molecule has 0 aromatic carbocycles. The molecule has 0 spiro atoms. The standard InChI is InChI=1S/C9H13N3O2/c1-3-7-6(5-12(2)11-7)8-4-10-9(13)14-8/h5,8H,3-4H2,1-2H3,(H,10,13). The molecule has 1 N–H and O–H groups in total. The first-order chi connectivity index (χ1) is 6.70. The van der Waals surface area contributed by atoms with Gasteiger partial charge in [0.25, 0.3) is 0 Å². The third kappa shape index (κ3) is 1.45. The average molecular weight is 195 g/mol. The molecule has 14 heavy (non-hydrogen) atoms. The molecule has 0 saturated carbocycles. The van der Waals surface area contributed by atoms with Crippen LogP contribution < -0.4 is 5.32 Å². The number of hydrogen-bond donors (Lipinski definition) is 1. The molecule has 2 heterocycles. The molecule has 1 amide bonds. The quantitative estimate of drug-likeness (QED) is 0.758. The van der Waals surface area contributed by atoms with Crippen LogP contribution in [0.15, 0.2) is 6.20 Å². The zero-order valence-electron chi connectivity index (χ0n) is 8.28. The van der Waals surface area contributed by atoms with Crippen molar-refractivity contribution >= 4 is 6.09 Å². The normalized spacial score (nSPS) is 20.7. The predicted octanol–water partition coefficient (Wildman–Crippen LogP) is 0.763. The van der Waals surface area contributed by atoms with E-state index in [0.717, 1.165) is 17.7 Å². The Kier molecular flexibility index (Phi) is 2.15. The van der Waals surface area contributed by atoms with Crippen molar-refractivity contribution in [3.63, 3.8) is 0 Å². The summed E-state index contributed by atoms with van der Waals surface area (Å²) in [6, 6.07) is 0. The van der Waals surface area contributed by atoms with E-state index >= 15 is 0 Å². The lowest BCUT2D eigenvalue weighted by molar-refractivity contribution is 0.140. The predicted molar refractivity (Wildman–Crippen MR) is 49.8 cm³/mol. The molecule has 76 valence electrons. The second-order valence-electron chi connectivity index (χ2n) is 3.33. The number of aromatic nitrogens is 2. The number of carbonyl (C=O) groups excluding carboxylic acids is 1. The van der Waals surface area contributed by atoms with E-state index < -0.39 is 0 Å². The van der Waals surface area contributed by atoms with Crippen molar-refractivity contribution in [1.82, 2.24) is 15.1 Å². The van der Waals surface area contributed by atoms with Crippen LogP contribution in [0, 0.1) is 0 Å². The summed E-state index contributed by atoms with van der Waals surface area (Å²) in [5.41, 5.74) is 2.00. The highest BCUT2D eigenvalue weighted by atomic mass is 16.6. The molecule has 0 bridgehead atoms. The van der Waals surface area contributed by atoms with E-state index in [1.165, 1.54) is 0 Å². The second kappa shape index (κ2) is 3.32. The third-order valence-corrected chi connectivity index (χ3v) is 2.30. The fraction of sp³-hybridized carbons (Fsp3) is 0.556. The van der Waals surface area contributed by atoms with Crippen LogP contribution in [0.2, 0.25) is 0 Å². The Labute approximate surface area is 82.0 Å². The molecular weight excluding hydrogens is 182 g/mol. The van der Waals surface area contributed by atoms with Crippen LogP contribution in [0.5, 0.6) is 0 Å². The number of nitrogens with one attached hydrogen (secondary N) is 1. The molecule has 1 aromatic rings. The van der Waals surface area contributed by atoms with Gasteiger partial charge in [0.15, 0.2) is 0 Å². The summed E-state index contributed by atoms with van der Waals surface area (Å²) >= 11 is 0. The number of ether oxygens (including phenoxy) is 1. The van der Waals surface area contributed by atoms with E-state index in [4.69, 9.17) is 4.74 Å². The van der Waals surface area contributed by atoms with Gasteiger partial charge in [-0.3, -0.25) is 4.68 Å². The molecule has 0 radical (unpaired) electrons. The van der Waals surface area contributed by atoms with Gasteiger partial charge in [-0.05, 0) is 6.42 Å². The fourth-order valence-electron chi connectivity index (χ4n) is 1.66. The Balaban J connectivity index is 2.26. The molecule has 1 aromatic heterocycles. The monoisotopic (exact) mass is 195 g/mol. The minimum atomic E-state index is -0.346. The Bertz CT molecular complexity index is 359. The summed E-state index contributed by atoms with van der Waals surface area (Å²) in [5, 5.41) is 6.93. The molecule has 5 nitrogen and oxygen atoms in total. The number of hydrogen-bond acceptors (Lipinski definition) is 3. The van der Waals surface area contributed by atoms with Crippen molar-refractivity contribution in [2.75, 3.05) is 6.54 Å². The van der Waals surface area contributed by atoms with Gasteiger partial charge in [0.2, 0.25) is 0 Å². The molecule has 1 unspecified atom stereocenters.